The van der Waals surface area contributed by atoms with Crippen molar-refractivity contribution < 1.29 is 4.74 Å². The molecule has 0 bridgehead atoms. The molecular weight excluding hydrogens is 236 g/mol. The standard InChI is InChI=1S/C16H34N2O/c1-15(2)12-18(10-11-19-3)14-16(13-17)8-6-4-5-7-9-16/h15H,4-14,17H2,1-3H3. The van der Waals surface area contributed by atoms with Gasteiger partial charge in [0.05, 0.1) is 6.61 Å². The van der Waals surface area contributed by atoms with Gasteiger partial charge < -0.3 is 15.4 Å². The highest BCUT2D eigenvalue weighted by atomic mass is 16.5. The minimum Gasteiger partial charge on any atom is -0.383 e. The van der Waals surface area contributed by atoms with E-state index in [1.54, 1.807) is 7.11 Å². The highest BCUT2D eigenvalue weighted by molar-refractivity contribution is 4.86. The van der Waals surface area contributed by atoms with Gasteiger partial charge in [-0.05, 0) is 30.7 Å². The lowest BCUT2D eigenvalue weighted by molar-refractivity contribution is 0.0906. The third-order valence-corrected chi connectivity index (χ3v) is 4.39. The summed E-state index contributed by atoms with van der Waals surface area (Å²) >= 11 is 0. The molecule has 2 N–H and O–H groups in total. The lowest BCUT2D eigenvalue weighted by Gasteiger charge is -2.38. The van der Waals surface area contributed by atoms with E-state index in [0.717, 1.165) is 32.8 Å². The summed E-state index contributed by atoms with van der Waals surface area (Å²) in [4.78, 5) is 2.58. The molecule has 0 atom stereocenters. The van der Waals surface area contributed by atoms with E-state index in [9.17, 15) is 0 Å². The number of hydrogen-bond donors (Lipinski definition) is 1. The van der Waals surface area contributed by atoms with E-state index < -0.39 is 0 Å². The Labute approximate surface area is 119 Å². The molecule has 3 nitrogen and oxygen atoms in total. The molecule has 3 heteroatoms. The minimum absolute atomic E-state index is 0.360. The van der Waals surface area contributed by atoms with Crippen molar-refractivity contribution in [3.05, 3.63) is 0 Å². The highest BCUT2D eigenvalue weighted by Crippen LogP contribution is 2.35. The molecule has 0 aromatic carbocycles. The van der Waals surface area contributed by atoms with Crippen molar-refractivity contribution in [2.45, 2.75) is 52.4 Å². The average Bonchev–Trinajstić information content (AvgIpc) is 2.61. The monoisotopic (exact) mass is 270 g/mol. The van der Waals surface area contributed by atoms with E-state index in [1.165, 1.54) is 38.5 Å². The molecule has 19 heavy (non-hydrogen) atoms. The summed E-state index contributed by atoms with van der Waals surface area (Å²) in [5, 5.41) is 0. The summed E-state index contributed by atoms with van der Waals surface area (Å²) in [5.41, 5.74) is 6.52. The minimum atomic E-state index is 0.360. The fourth-order valence-corrected chi connectivity index (χ4v) is 3.35. The normalized spacial score (nSPS) is 19.9. The Bertz CT molecular complexity index is 223. The van der Waals surface area contributed by atoms with Gasteiger partial charge in [0.1, 0.15) is 0 Å². The first kappa shape index (κ1) is 16.9. The topological polar surface area (TPSA) is 38.5 Å². The quantitative estimate of drug-likeness (QED) is 0.689. The molecule has 0 radical (unpaired) electrons. The van der Waals surface area contributed by atoms with E-state index in [-0.39, 0.29) is 0 Å². The number of ether oxygens (including phenoxy) is 1. The van der Waals surface area contributed by atoms with Crippen molar-refractivity contribution in [2.24, 2.45) is 17.1 Å². The molecule has 0 unspecified atom stereocenters. The molecular formula is C16H34N2O. The van der Waals surface area contributed by atoms with Crippen molar-refractivity contribution in [3.63, 3.8) is 0 Å². The lowest BCUT2D eigenvalue weighted by atomic mass is 9.79. The highest BCUT2D eigenvalue weighted by Gasteiger charge is 2.31. The Kier molecular flexibility index (Phi) is 7.96. The van der Waals surface area contributed by atoms with Crippen LogP contribution in [0.5, 0.6) is 0 Å². The number of nitrogens with zero attached hydrogens (tertiary/aromatic N) is 1. The van der Waals surface area contributed by atoms with Crippen LogP contribution in [0.3, 0.4) is 0 Å². The summed E-state index contributed by atoms with van der Waals surface area (Å²) in [7, 11) is 1.79. The number of hydrogen-bond acceptors (Lipinski definition) is 3. The van der Waals surface area contributed by atoms with Crippen LogP contribution in [-0.2, 0) is 4.74 Å². The molecule has 0 heterocycles. The lowest BCUT2D eigenvalue weighted by Crippen LogP contribution is -2.44. The maximum Gasteiger partial charge on any atom is 0.0589 e. The van der Waals surface area contributed by atoms with E-state index in [2.05, 4.69) is 18.7 Å². The van der Waals surface area contributed by atoms with Crippen LogP contribution >= 0.6 is 0 Å². The van der Waals surface area contributed by atoms with Crippen LogP contribution in [0, 0.1) is 11.3 Å². The number of rotatable bonds is 8. The van der Waals surface area contributed by atoms with Crippen LogP contribution < -0.4 is 5.73 Å². The van der Waals surface area contributed by atoms with Crippen molar-refractivity contribution in [2.75, 3.05) is 39.9 Å². The second kappa shape index (κ2) is 8.93. The van der Waals surface area contributed by atoms with Gasteiger partial charge in [0, 0.05) is 26.7 Å². The third-order valence-electron chi connectivity index (χ3n) is 4.39. The Morgan fingerprint density at radius 2 is 1.79 bits per heavy atom. The van der Waals surface area contributed by atoms with Crippen molar-refractivity contribution in [3.8, 4) is 0 Å². The zero-order valence-electron chi connectivity index (χ0n) is 13.3. The second-order valence-corrected chi connectivity index (χ2v) is 6.74. The first-order chi connectivity index (χ1) is 9.12. The van der Waals surface area contributed by atoms with E-state index in [1.807, 2.05) is 0 Å². The van der Waals surface area contributed by atoms with Crippen LogP contribution in [0.1, 0.15) is 52.4 Å². The fourth-order valence-electron chi connectivity index (χ4n) is 3.35. The molecule has 0 spiro atoms. The van der Waals surface area contributed by atoms with Crippen LogP contribution in [0.15, 0.2) is 0 Å². The predicted molar refractivity (Wildman–Crippen MR) is 82.3 cm³/mol. The molecule has 0 aromatic rings. The molecule has 0 saturated heterocycles. The van der Waals surface area contributed by atoms with Crippen LogP contribution in [0.25, 0.3) is 0 Å². The van der Waals surface area contributed by atoms with E-state index >= 15 is 0 Å². The number of nitrogens with two attached hydrogens (primary N) is 1. The van der Waals surface area contributed by atoms with Gasteiger partial charge in [-0.2, -0.15) is 0 Å². The van der Waals surface area contributed by atoms with Crippen molar-refractivity contribution >= 4 is 0 Å². The molecule has 1 saturated carbocycles. The second-order valence-electron chi connectivity index (χ2n) is 6.74. The molecule has 1 aliphatic carbocycles. The Morgan fingerprint density at radius 3 is 2.26 bits per heavy atom. The van der Waals surface area contributed by atoms with Gasteiger partial charge in [-0.25, -0.2) is 0 Å². The van der Waals surface area contributed by atoms with Crippen molar-refractivity contribution in [1.29, 1.82) is 0 Å². The van der Waals surface area contributed by atoms with Gasteiger partial charge in [0.2, 0.25) is 0 Å². The van der Waals surface area contributed by atoms with Gasteiger partial charge in [-0.15, -0.1) is 0 Å². The maximum atomic E-state index is 6.16. The SMILES string of the molecule is COCCN(CC(C)C)CC1(CN)CCCCCC1. The molecule has 114 valence electrons. The maximum absolute atomic E-state index is 6.16. The summed E-state index contributed by atoms with van der Waals surface area (Å²) in [6.45, 7) is 9.61. The van der Waals surface area contributed by atoms with Gasteiger partial charge in [-0.1, -0.05) is 39.5 Å². The predicted octanol–water partition coefficient (Wildman–Crippen LogP) is 2.89. The van der Waals surface area contributed by atoms with Gasteiger partial charge >= 0.3 is 0 Å². The zero-order chi connectivity index (χ0) is 14.1. The summed E-state index contributed by atoms with van der Waals surface area (Å²) < 4.78 is 5.26. The van der Waals surface area contributed by atoms with Gasteiger partial charge in [0.15, 0.2) is 0 Å². The molecule has 1 aliphatic rings. The van der Waals surface area contributed by atoms with Gasteiger partial charge in [0.25, 0.3) is 0 Å². The molecule has 1 fully saturated rings. The average molecular weight is 270 g/mol. The molecule has 0 aromatic heterocycles. The summed E-state index contributed by atoms with van der Waals surface area (Å²) in [6.07, 6.45) is 8.12. The first-order valence-electron chi connectivity index (χ1n) is 8.03. The Hall–Kier alpha value is -0.120. The number of methoxy groups -OCH3 is 1. The molecule has 0 aliphatic heterocycles. The molecule has 0 amide bonds. The van der Waals surface area contributed by atoms with Crippen LogP contribution in [0.4, 0.5) is 0 Å². The zero-order valence-corrected chi connectivity index (χ0v) is 13.3. The van der Waals surface area contributed by atoms with E-state index in [0.29, 0.717) is 11.3 Å². The third kappa shape index (κ3) is 6.24. The fraction of sp³-hybridized carbons (Fsp3) is 1.00. The smallest absolute Gasteiger partial charge is 0.0589 e. The first-order valence-corrected chi connectivity index (χ1v) is 8.03. The van der Waals surface area contributed by atoms with Crippen LogP contribution in [-0.4, -0.2) is 44.8 Å². The summed E-state index contributed by atoms with van der Waals surface area (Å²) in [5.74, 6) is 0.706. The Morgan fingerprint density at radius 1 is 1.16 bits per heavy atom. The van der Waals surface area contributed by atoms with Crippen LogP contribution in [0.2, 0.25) is 0 Å². The largest absolute Gasteiger partial charge is 0.383 e. The Balaban J connectivity index is 2.60. The summed E-state index contributed by atoms with van der Waals surface area (Å²) in [6, 6.07) is 0. The van der Waals surface area contributed by atoms with Gasteiger partial charge in [-0.3, -0.25) is 0 Å². The van der Waals surface area contributed by atoms with Crippen molar-refractivity contribution in [1.82, 2.24) is 4.90 Å². The van der Waals surface area contributed by atoms with E-state index in [4.69, 9.17) is 10.5 Å². The molecule has 1 rings (SSSR count).